The quantitative estimate of drug-likeness (QED) is 0.610. The van der Waals surface area contributed by atoms with Crippen molar-refractivity contribution in [2.24, 2.45) is 0 Å². The Bertz CT molecular complexity index is 1120. The molecule has 0 radical (unpaired) electrons. The van der Waals surface area contributed by atoms with Crippen LogP contribution in [0.3, 0.4) is 0 Å². The summed E-state index contributed by atoms with van der Waals surface area (Å²) in [7, 11) is 0. The van der Waals surface area contributed by atoms with Crippen molar-refractivity contribution >= 4 is 34.7 Å². The minimum Gasteiger partial charge on any atom is -0.444 e. The fourth-order valence-corrected chi connectivity index (χ4v) is 4.23. The van der Waals surface area contributed by atoms with Crippen molar-refractivity contribution in [2.75, 3.05) is 36.4 Å². The lowest BCUT2D eigenvalue weighted by molar-refractivity contribution is 0.0240. The Morgan fingerprint density at radius 1 is 1.06 bits per heavy atom. The molecule has 1 aliphatic heterocycles. The first-order chi connectivity index (χ1) is 15.8. The van der Waals surface area contributed by atoms with Gasteiger partial charge in [0, 0.05) is 43.3 Å². The molecule has 8 nitrogen and oxygen atoms in total. The maximum Gasteiger partial charge on any atom is 0.410 e. The molecule has 0 aliphatic carbocycles. The van der Waals surface area contributed by atoms with Crippen LogP contribution in [0.2, 0.25) is 0 Å². The van der Waals surface area contributed by atoms with Gasteiger partial charge in [-0.3, -0.25) is 9.78 Å². The predicted molar refractivity (Wildman–Crippen MR) is 130 cm³/mol. The molecule has 0 bridgehead atoms. The third kappa shape index (κ3) is 5.67. The van der Waals surface area contributed by atoms with Gasteiger partial charge in [-0.25, -0.2) is 9.78 Å². The molecule has 1 aromatic carbocycles. The van der Waals surface area contributed by atoms with E-state index in [0.717, 1.165) is 16.9 Å². The number of benzene rings is 1. The van der Waals surface area contributed by atoms with Crippen LogP contribution in [0.1, 0.15) is 30.6 Å². The first-order valence-electron chi connectivity index (χ1n) is 10.8. The number of carbonyl (C=O) groups excluding carboxylic acids is 2. The van der Waals surface area contributed by atoms with Crippen LogP contribution >= 0.6 is 11.3 Å². The average Bonchev–Trinajstić information content (AvgIpc) is 3.30. The van der Waals surface area contributed by atoms with Crippen LogP contribution in [0.25, 0.3) is 11.3 Å². The molecule has 4 rings (SSSR count). The second-order valence-electron chi connectivity index (χ2n) is 8.71. The molecule has 3 heterocycles. The Labute approximate surface area is 197 Å². The number of rotatable bonds is 4. The molecule has 3 aromatic rings. The molecule has 0 spiro atoms. The highest BCUT2D eigenvalue weighted by atomic mass is 32.1. The van der Waals surface area contributed by atoms with E-state index in [1.165, 1.54) is 11.3 Å². The van der Waals surface area contributed by atoms with Gasteiger partial charge in [-0.05, 0) is 26.8 Å². The summed E-state index contributed by atoms with van der Waals surface area (Å²) >= 11 is 1.31. The van der Waals surface area contributed by atoms with Crippen LogP contribution in [-0.4, -0.2) is 58.6 Å². The summed E-state index contributed by atoms with van der Waals surface area (Å²) in [5, 5.41) is 5.22. The van der Waals surface area contributed by atoms with Crippen LogP contribution in [-0.2, 0) is 4.74 Å². The van der Waals surface area contributed by atoms with E-state index in [2.05, 4.69) is 20.2 Å². The van der Waals surface area contributed by atoms with Crippen molar-refractivity contribution in [3.63, 3.8) is 0 Å². The van der Waals surface area contributed by atoms with E-state index in [1.807, 2.05) is 62.5 Å². The van der Waals surface area contributed by atoms with E-state index in [1.54, 1.807) is 17.3 Å². The molecule has 9 heteroatoms. The number of piperazine rings is 1. The molecular weight excluding hydrogens is 438 g/mol. The average molecular weight is 466 g/mol. The van der Waals surface area contributed by atoms with Gasteiger partial charge in [0.15, 0.2) is 5.01 Å². The molecule has 0 atom stereocenters. The smallest absolute Gasteiger partial charge is 0.410 e. The van der Waals surface area contributed by atoms with Crippen molar-refractivity contribution in [2.45, 2.75) is 26.4 Å². The number of thiazole rings is 1. The Hall–Kier alpha value is -3.46. The number of nitrogens with one attached hydrogen (secondary N) is 1. The molecule has 1 saturated heterocycles. The number of aromatic nitrogens is 2. The van der Waals surface area contributed by atoms with Crippen LogP contribution in [0.4, 0.5) is 16.2 Å². The third-order valence-electron chi connectivity index (χ3n) is 5.09. The standard InChI is InChI=1S/C24H27N5O3S/c1-24(2,3)32-23(31)29-13-11-28(12-14-29)20-9-10-25-15-18(20)26-21(30)22-27-19(16-33-22)17-7-5-4-6-8-17/h4-10,15-16H,11-14H2,1-3H3,(H,26,30). The molecule has 1 fully saturated rings. The van der Waals surface area contributed by atoms with Gasteiger partial charge in [0.1, 0.15) is 5.60 Å². The van der Waals surface area contributed by atoms with Crippen molar-refractivity contribution in [3.8, 4) is 11.3 Å². The van der Waals surface area contributed by atoms with Crippen LogP contribution in [0.15, 0.2) is 54.2 Å². The monoisotopic (exact) mass is 465 g/mol. The van der Waals surface area contributed by atoms with Gasteiger partial charge < -0.3 is 19.9 Å². The molecule has 0 unspecified atom stereocenters. The first kappa shape index (κ1) is 22.7. The molecule has 33 heavy (non-hydrogen) atoms. The van der Waals surface area contributed by atoms with Crippen molar-refractivity contribution in [1.82, 2.24) is 14.9 Å². The van der Waals surface area contributed by atoms with E-state index in [4.69, 9.17) is 4.74 Å². The number of hydrogen-bond donors (Lipinski definition) is 1. The maximum atomic E-state index is 12.9. The lowest BCUT2D eigenvalue weighted by atomic mass is 10.2. The highest BCUT2D eigenvalue weighted by molar-refractivity contribution is 7.12. The molecular formula is C24H27N5O3S. The molecule has 1 N–H and O–H groups in total. The lowest BCUT2D eigenvalue weighted by Crippen LogP contribution is -2.50. The van der Waals surface area contributed by atoms with Gasteiger partial charge in [0.2, 0.25) is 0 Å². The summed E-state index contributed by atoms with van der Waals surface area (Å²) in [6.45, 7) is 7.91. The number of hydrogen-bond acceptors (Lipinski definition) is 7. The highest BCUT2D eigenvalue weighted by Crippen LogP contribution is 2.28. The Morgan fingerprint density at radius 3 is 2.48 bits per heavy atom. The van der Waals surface area contributed by atoms with E-state index < -0.39 is 5.60 Å². The number of pyridine rings is 1. The Kier molecular flexibility index (Phi) is 6.60. The molecule has 2 amide bonds. The minimum absolute atomic E-state index is 0.274. The highest BCUT2D eigenvalue weighted by Gasteiger charge is 2.27. The van der Waals surface area contributed by atoms with E-state index >= 15 is 0 Å². The number of amides is 2. The number of ether oxygens (including phenoxy) is 1. The summed E-state index contributed by atoms with van der Waals surface area (Å²) in [4.78, 5) is 37.7. The Balaban J connectivity index is 1.42. The summed E-state index contributed by atoms with van der Waals surface area (Å²) < 4.78 is 5.47. The number of nitrogens with zero attached hydrogens (tertiary/aromatic N) is 4. The topological polar surface area (TPSA) is 87.7 Å². The van der Waals surface area contributed by atoms with Crippen molar-refractivity contribution in [1.29, 1.82) is 0 Å². The van der Waals surface area contributed by atoms with Gasteiger partial charge in [-0.2, -0.15) is 0 Å². The largest absolute Gasteiger partial charge is 0.444 e. The van der Waals surface area contributed by atoms with Gasteiger partial charge in [-0.15, -0.1) is 11.3 Å². The van der Waals surface area contributed by atoms with Crippen LogP contribution in [0, 0.1) is 0 Å². The van der Waals surface area contributed by atoms with E-state index in [9.17, 15) is 9.59 Å². The molecule has 1 aliphatic rings. The zero-order chi connectivity index (χ0) is 23.4. The number of carbonyl (C=O) groups is 2. The van der Waals surface area contributed by atoms with E-state index in [0.29, 0.717) is 36.9 Å². The molecule has 172 valence electrons. The molecule has 0 saturated carbocycles. The summed E-state index contributed by atoms with van der Waals surface area (Å²) in [5.41, 5.74) is 2.70. The lowest BCUT2D eigenvalue weighted by Gasteiger charge is -2.37. The fourth-order valence-electron chi connectivity index (χ4n) is 3.51. The summed E-state index contributed by atoms with van der Waals surface area (Å²) in [5.74, 6) is -0.274. The van der Waals surface area contributed by atoms with Crippen molar-refractivity contribution in [3.05, 3.63) is 59.2 Å². The summed E-state index contributed by atoms with van der Waals surface area (Å²) in [6, 6.07) is 11.6. The first-order valence-corrected chi connectivity index (χ1v) is 11.7. The SMILES string of the molecule is CC(C)(C)OC(=O)N1CCN(c2ccncc2NC(=O)c2nc(-c3ccccc3)cs2)CC1. The van der Waals surface area contributed by atoms with Gasteiger partial charge in [0.25, 0.3) is 5.91 Å². The van der Waals surface area contributed by atoms with Gasteiger partial charge >= 0.3 is 6.09 Å². The van der Waals surface area contributed by atoms with Crippen LogP contribution in [0.5, 0.6) is 0 Å². The minimum atomic E-state index is -0.521. The van der Waals surface area contributed by atoms with Crippen molar-refractivity contribution < 1.29 is 14.3 Å². The normalized spacial score (nSPS) is 14.2. The predicted octanol–water partition coefficient (Wildman–Crippen LogP) is 4.51. The zero-order valence-electron chi connectivity index (χ0n) is 18.9. The molecule has 2 aromatic heterocycles. The second kappa shape index (κ2) is 9.58. The van der Waals surface area contributed by atoms with Gasteiger partial charge in [0.05, 0.1) is 23.3 Å². The van der Waals surface area contributed by atoms with E-state index in [-0.39, 0.29) is 12.0 Å². The summed E-state index contributed by atoms with van der Waals surface area (Å²) in [6.07, 6.45) is 3.03. The van der Waals surface area contributed by atoms with Gasteiger partial charge in [-0.1, -0.05) is 30.3 Å². The fraction of sp³-hybridized carbons (Fsp3) is 0.333. The second-order valence-corrected chi connectivity index (χ2v) is 9.56. The van der Waals surface area contributed by atoms with Crippen LogP contribution < -0.4 is 10.2 Å². The number of anilines is 2. The zero-order valence-corrected chi connectivity index (χ0v) is 19.8. The third-order valence-corrected chi connectivity index (χ3v) is 5.93. The Morgan fingerprint density at radius 2 is 1.79 bits per heavy atom. The maximum absolute atomic E-state index is 12.9.